The van der Waals surface area contributed by atoms with E-state index in [1.165, 1.54) is 0 Å². The Morgan fingerprint density at radius 2 is 1.93 bits per heavy atom. The van der Waals surface area contributed by atoms with Crippen molar-refractivity contribution in [2.75, 3.05) is 19.7 Å². The maximum absolute atomic E-state index is 12.9. The fourth-order valence-corrected chi connectivity index (χ4v) is 3.32. The first-order valence-corrected chi connectivity index (χ1v) is 9.41. The molecule has 1 amide bonds. The lowest BCUT2D eigenvalue weighted by Crippen LogP contribution is -2.41. The van der Waals surface area contributed by atoms with Crippen LogP contribution in [0.2, 0.25) is 0 Å². The lowest BCUT2D eigenvalue weighted by molar-refractivity contribution is -0.135. The van der Waals surface area contributed by atoms with E-state index in [4.69, 9.17) is 4.74 Å². The normalized spacial score (nSPS) is 16.7. The van der Waals surface area contributed by atoms with Gasteiger partial charge in [0.05, 0.1) is 25.3 Å². The molecule has 2 heterocycles. The Kier molecular flexibility index (Phi) is 9.08. The summed E-state index contributed by atoms with van der Waals surface area (Å²) >= 11 is 0. The molecule has 0 aliphatic carbocycles. The van der Waals surface area contributed by atoms with E-state index < -0.39 is 0 Å². The first-order valence-electron chi connectivity index (χ1n) is 9.41. The van der Waals surface area contributed by atoms with Crippen LogP contribution in [0.1, 0.15) is 31.4 Å². The quantitative estimate of drug-likeness (QED) is 0.788. The molecule has 27 heavy (non-hydrogen) atoms. The van der Waals surface area contributed by atoms with Crippen molar-refractivity contribution in [3.63, 3.8) is 0 Å². The number of amides is 1. The molecule has 1 fully saturated rings. The summed E-state index contributed by atoms with van der Waals surface area (Å²) in [7, 11) is 0. The van der Waals surface area contributed by atoms with Gasteiger partial charge in [-0.2, -0.15) is 0 Å². The molecule has 1 N–H and O–H groups in total. The smallest absolute Gasteiger partial charge is 0.226 e. The van der Waals surface area contributed by atoms with Crippen LogP contribution in [0.25, 0.3) is 0 Å². The summed E-state index contributed by atoms with van der Waals surface area (Å²) in [6.45, 7) is 2.94. The van der Waals surface area contributed by atoms with Gasteiger partial charge >= 0.3 is 0 Å². The second kappa shape index (κ2) is 11.6. The minimum atomic E-state index is 0. The molecular formula is C21H28ClN3O2. The second-order valence-electron chi connectivity index (χ2n) is 6.59. The molecule has 1 aromatic carbocycles. The van der Waals surface area contributed by atoms with Gasteiger partial charge < -0.3 is 15.0 Å². The first-order chi connectivity index (χ1) is 12.8. The molecule has 2 aromatic rings. The Labute approximate surface area is 167 Å². The van der Waals surface area contributed by atoms with Crippen LogP contribution in [0.4, 0.5) is 0 Å². The van der Waals surface area contributed by atoms with E-state index in [1.54, 1.807) is 6.20 Å². The van der Waals surface area contributed by atoms with Crippen LogP contribution >= 0.6 is 12.4 Å². The Bertz CT molecular complexity index is 662. The number of hydrogen-bond acceptors (Lipinski definition) is 4. The summed E-state index contributed by atoms with van der Waals surface area (Å²) in [4.78, 5) is 19.4. The first kappa shape index (κ1) is 21.2. The van der Waals surface area contributed by atoms with Gasteiger partial charge in [-0.25, -0.2) is 0 Å². The average Bonchev–Trinajstić information content (AvgIpc) is 2.97. The van der Waals surface area contributed by atoms with Crippen molar-refractivity contribution in [1.29, 1.82) is 0 Å². The molecule has 1 atom stereocenters. The van der Waals surface area contributed by atoms with Crippen LogP contribution < -0.4 is 10.1 Å². The lowest BCUT2D eigenvalue weighted by Gasteiger charge is -2.31. The highest BCUT2D eigenvalue weighted by atomic mass is 35.5. The summed E-state index contributed by atoms with van der Waals surface area (Å²) in [5.74, 6) is 0.939. The van der Waals surface area contributed by atoms with Crippen LogP contribution in [0, 0.1) is 0 Å². The largest absolute Gasteiger partial charge is 0.493 e. The number of carbonyl (C=O) groups is 1. The second-order valence-corrected chi connectivity index (χ2v) is 6.59. The molecule has 3 rings (SSSR count). The predicted molar refractivity (Wildman–Crippen MR) is 109 cm³/mol. The van der Waals surface area contributed by atoms with E-state index in [1.807, 2.05) is 53.4 Å². The van der Waals surface area contributed by atoms with Gasteiger partial charge in [-0.3, -0.25) is 9.78 Å². The van der Waals surface area contributed by atoms with Crippen LogP contribution in [-0.4, -0.2) is 41.5 Å². The third-order valence-corrected chi connectivity index (χ3v) is 4.69. The SMILES string of the molecule is Cl.O=C(CCOc1ccccc1)N(Cc1ccccn1)C1CCCNCC1. The van der Waals surface area contributed by atoms with Gasteiger partial charge in [0, 0.05) is 12.2 Å². The number of para-hydroxylation sites is 1. The zero-order chi connectivity index (χ0) is 18.0. The minimum absolute atomic E-state index is 0. The van der Waals surface area contributed by atoms with Crippen molar-refractivity contribution >= 4 is 18.3 Å². The van der Waals surface area contributed by atoms with Gasteiger partial charge in [0.15, 0.2) is 0 Å². The highest BCUT2D eigenvalue weighted by Gasteiger charge is 2.25. The molecule has 0 spiro atoms. The molecule has 5 nitrogen and oxygen atoms in total. The molecule has 0 radical (unpaired) electrons. The number of nitrogens with zero attached hydrogens (tertiary/aromatic N) is 2. The Balaban J connectivity index is 0.00000261. The maximum atomic E-state index is 12.9. The monoisotopic (exact) mass is 389 g/mol. The fourth-order valence-electron chi connectivity index (χ4n) is 3.32. The molecular weight excluding hydrogens is 362 g/mol. The van der Waals surface area contributed by atoms with Crippen molar-refractivity contribution in [2.24, 2.45) is 0 Å². The number of rotatable bonds is 7. The number of benzene rings is 1. The molecule has 0 saturated carbocycles. The molecule has 1 unspecified atom stereocenters. The number of nitrogens with one attached hydrogen (secondary N) is 1. The molecule has 1 aliphatic heterocycles. The van der Waals surface area contributed by atoms with Crippen molar-refractivity contribution in [3.8, 4) is 5.75 Å². The van der Waals surface area contributed by atoms with Crippen LogP contribution in [0.15, 0.2) is 54.7 Å². The third-order valence-electron chi connectivity index (χ3n) is 4.69. The number of ether oxygens (including phenoxy) is 1. The van der Waals surface area contributed by atoms with Gasteiger partial charge in [-0.15, -0.1) is 12.4 Å². The summed E-state index contributed by atoms with van der Waals surface area (Å²) in [5, 5.41) is 3.42. The molecule has 0 bridgehead atoms. The van der Waals surface area contributed by atoms with E-state index in [0.717, 1.165) is 43.8 Å². The summed E-state index contributed by atoms with van der Waals surface area (Å²) in [6, 6.07) is 15.8. The molecule has 1 aromatic heterocycles. The Hall–Kier alpha value is -2.11. The van der Waals surface area contributed by atoms with Crippen molar-refractivity contribution in [1.82, 2.24) is 15.2 Å². The van der Waals surface area contributed by atoms with E-state index in [0.29, 0.717) is 19.6 Å². The summed E-state index contributed by atoms with van der Waals surface area (Å²) in [6.07, 6.45) is 5.28. The molecule has 1 aliphatic rings. The van der Waals surface area contributed by atoms with Gasteiger partial charge in [0.2, 0.25) is 5.91 Å². The highest BCUT2D eigenvalue weighted by molar-refractivity contribution is 5.85. The molecule has 1 saturated heterocycles. The maximum Gasteiger partial charge on any atom is 0.226 e. The number of carbonyl (C=O) groups excluding carboxylic acids is 1. The average molecular weight is 390 g/mol. The topological polar surface area (TPSA) is 54.5 Å². The minimum Gasteiger partial charge on any atom is -0.493 e. The summed E-state index contributed by atoms with van der Waals surface area (Å²) in [5.41, 5.74) is 0.932. The van der Waals surface area contributed by atoms with Crippen LogP contribution in [0.3, 0.4) is 0 Å². The predicted octanol–water partition coefficient (Wildman–Crippen LogP) is 3.44. The summed E-state index contributed by atoms with van der Waals surface area (Å²) < 4.78 is 5.71. The molecule has 146 valence electrons. The van der Waals surface area contributed by atoms with Gasteiger partial charge in [0.1, 0.15) is 5.75 Å². The van der Waals surface area contributed by atoms with E-state index in [9.17, 15) is 4.79 Å². The van der Waals surface area contributed by atoms with Crippen molar-refractivity contribution < 1.29 is 9.53 Å². The Morgan fingerprint density at radius 3 is 2.70 bits per heavy atom. The van der Waals surface area contributed by atoms with E-state index in [-0.39, 0.29) is 24.4 Å². The van der Waals surface area contributed by atoms with E-state index >= 15 is 0 Å². The number of aromatic nitrogens is 1. The number of pyridine rings is 1. The fraction of sp³-hybridized carbons (Fsp3) is 0.429. The number of hydrogen-bond donors (Lipinski definition) is 1. The van der Waals surface area contributed by atoms with Gasteiger partial charge in [-0.1, -0.05) is 24.3 Å². The standard InChI is InChI=1S/C21H27N3O2.ClH/c25-21(12-16-26-20-9-2-1-3-10-20)24(17-18-7-4-5-14-23-18)19-8-6-13-22-15-11-19;/h1-5,7,9-10,14,19,22H,6,8,11-13,15-17H2;1H. The van der Waals surface area contributed by atoms with Crippen molar-refractivity contribution in [2.45, 2.75) is 38.3 Å². The van der Waals surface area contributed by atoms with Crippen molar-refractivity contribution in [3.05, 3.63) is 60.4 Å². The lowest BCUT2D eigenvalue weighted by atomic mass is 10.1. The van der Waals surface area contributed by atoms with Crippen LogP contribution in [0.5, 0.6) is 5.75 Å². The highest BCUT2D eigenvalue weighted by Crippen LogP contribution is 2.18. The number of halogens is 1. The van der Waals surface area contributed by atoms with Gasteiger partial charge in [-0.05, 0) is 56.6 Å². The zero-order valence-electron chi connectivity index (χ0n) is 15.5. The Morgan fingerprint density at radius 1 is 1.11 bits per heavy atom. The molecule has 6 heteroatoms. The zero-order valence-corrected chi connectivity index (χ0v) is 16.4. The third kappa shape index (κ3) is 6.85. The van der Waals surface area contributed by atoms with Crippen LogP contribution in [-0.2, 0) is 11.3 Å². The van der Waals surface area contributed by atoms with Gasteiger partial charge in [0.25, 0.3) is 0 Å². The van der Waals surface area contributed by atoms with E-state index in [2.05, 4.69) is 10.3 Å².